The van der Waals surface area contributed by atoms with E-state index in [9.17, 15) is 4.79 Å². The van der Waals surface area contributed by atoms with Gasteiger partial charge in [-0.2, -0.15) is 0 Å². The van der Waals surface area contributed by atoms with Gasteiger partial charge in [0.15, 0.2) is 0 Å². The fourth-order valence-corrected chi connectivity index (χ4v) is 1.78. The molecule has 1 aromatic carbocycles. The topological polar surface area (TPSA) is 34.9 Å². The van der Waals surface area contributed by atoms with Crippen molar-refractivity contribution in [3.63, 3.8) is 0 Å². The fraction of sp³-hybridized carbons (Fsp3) is 0.286. The van der Waals surface area contributed by atoms with Crippen molar-refractivity contribution < 1.29 is 0 Å². The molecule has 0 saturated carbocycles. The first-order valence-corrected chi connectivity index (χ1v) is 5.79. The molecule has 0 radical (unpaired) electrons. The molecule has 1 heterocycles. The minimum absolute atomic E-state index is 0.0209. The number of aromatic nitrogens is 2. The standard InChI is InChI=1S/C14H16N2O/c1-11(2)10-16-9-8-15-13(14(16)17)12-6-4-3-5-7-12/h3-9,11H,10H2,1-2H3. The third-order valence-electron chi connectivity index (χ3n) is 2.52. The lowest BCUT2D eigenvalue weighted by Crippen LogP contribution is -2.24. The van der Waals surface area contributed by atoms with E-state index in [0.29, 0.717) is 11.6 Å². The summed E-state index contributed by atoms with van der Waals surface area (Å²) in [6.45, 7) is 4.91. The van der Waals surface area contributed by atoms with Gasteiger partial charge < -0.3 is 4.57 Å². The van der Waals surface area contributed by atoms with Crippen molar-refractivity contribution in [2.75, 3.05) is 0 Å². The zero-order valence-electron chi connectivity index (χ0n) is 10.1. The Morgan fingerprint density at radius 3 is 2.59 bits per heavy atom. The van der Waals surface area contributed by atoms with Crippen molar-refractivity contribution in [2.24, 2.45) is 5.92 Å². The van der Waals surface area contributed by atoms with Crippen LogP contribution in [0.2, 0.25) is 0 Å². The van der Waals surface area contributed by atoms with E-state index in [0.717, 1.165) is 12.1 Å². The molecule has 0 saturated heterocycles. The molecule has 0 bridgehead atoms. The van der Waals surface area contributed by atoms with Crippen LogP contribution in [0.25, 0.3) is 11.3 Å². The Hall–Kier alpha value is -1.90. The highest BCUT2D eigenvalue weighted by molar-refractivity contribution is 5.57. The third kappa shape index (κ3) is 2.61. The summed E-state index contributed by atoms with van der Waals surface area (Å²) in [5.74, 6) is 0.443. The summed E-state index contributed by atoms with van der Waals surface area (Å²) < 4.78 is 1.72. The highest BCUT2D eigenvalue weighted by atomic mass is 16.1. The van der Waals surface area contributed by atoms with Gasteiger partial charge in [-0.3, -0.25) is 4.79 Å². The summed E-state index contributed by atoms with van der Waals surface area (Å²) in [5.41, 5.74) is 1.37. The predicted molar refractivity (Wildman–Crippen MR) is 68.8 cm³/mol. The minimum atomic E-state index is -0.0209. The molecular weight excluding hydrogens is 212 g/mol. The largest absolute Gasteiger partial charge is 0.312 e. The van der Waals surface area contributed by atoms with Crippen LogP contribution in [0, 0.1) is 5.92 Å². The smallest absolute Gasteiger partial charge is 0.277 e. The molecule has 0 amide bonds. The number of rotatable bonds is 3. The lowest BCUT2D eigenvalue weighted by atomic mass is 10.1. The summed E-state index contributed by atoms with van der Waals surface area (Å²) in [4.78, 5) is 16.4. The first-order valence-electron chi connectivity index (χ1n) is 5.79. The fourth-order valence-electron chi connectivity index (χ4n) is 1.78. The number of nitrogens with zero attached hydrogens (tertiary/aromatic N) is 2. The van der Waals surface area contributed by atoms with Crippen LogP contribution in [0.4, 0.5) is 0 Å². The first-order chi connectivity index (χ1) is 8.18. The van der Waals surface area contributed by atoms with Gasteiger partial charge in [-0.25, -0.2) is 4.98 Å². The molecule has 0 aliphatic heterocycles. The van der Waals surface area contributed by atoms with Crippen LogP contribution in [0.3, 0.4) is 0 Å². The van der Waals surface area contributed by atoms with E-state index in [1.807, 2.05) is 30.3 Å². The van der Waals surface area contributed by atoms with Gasteiger partial charge in [0.05, 0.1) is 0 Å². The second-order valence-corrected chi connectivity index (χ2v) is 4.49. The molecule has 0 atom stereocenters. The Kier molecular flexibility index (Phi) is 3.38. The van der Waals surface area contributed by atoms with Crippen molar-refractivity contribution in [1.82, 2.24) is 9.55 Å². The van der Waals surface area contributed by atoms with Gasteiger partial charge in [0.25, 0.3) is 5.56 Å². The molecule has 88 valence electrons. The van der Waals surface area contributed by atoms with Crippen molar-refractivity contribution in [3.05, 3.63) is 53.1 Å². The molecule has 0 aliphatic carbocycles. The molecule has 0 spiro atoms. The summed E-state index contributed by atoms with van der Waals surface area (Å²) >= 11 is 0. The molecule has 0 unspecified atom stereocenters. The van der Waals surface area contributed by atoms with Crippen LogP contribution in [-0.2, 0) is 6.54 Å². The van der Waals surface area contributed by atoms with Crippen LogP contribution < -0.4 is 5.56 Å². The molecule has 1 aromatic heterocycles. The number of hydrogen-bond donors (Lipinski definition) is 0. The SMILES string of the molecule is CC(C)Cn1ccnc(-c2ccccc2)c1=O. The van der Waals surface area contributed by atoms with E-state index >= 15 is 0 Å². The van der Waals surface area contributed by atoms with E-state index in [1.165, 1.54) is 0 Å². The molecule has 2 aromatic rings. The van der Waals surface area contributed by atoms with Crippen LogP contribution in [-0.4, -0.2) is 9.55 Å². The van der Waals surface area contributed by atoms with E-state index in [-0.39, 0.29) is 5.56 Å². The Morgan fingerprint density at radius 1 is 1.24 bits per heavy atom. The normalized spacial score (nSPS) is 10.8. The van der Waals surface area contributed by atoms with E-state index in [2.05, 4.69) is 18.8 Å². The summed E-state index contributed by atoms with van der Waals surface area (Å²) in [6.07, 6.45) is 3.43. The average Bonchev–Trinajstić information content (AvgIpc) is 2.32. The van der Waals surface area contributed by atoms with Gasteiger partial charge in [-0.15, -0.1) is 0 Å². The van der Waals surface area contributed by atoms with Gasteiger partial charge in [-0.1, -0.05) is 44.2 Å². The van der Waals surface area contributed by atoms with Crippen molar-refractivity contribution in [3.8, 4) is 11.3 Å². The van der Waals surface area contributed by atoms with Crippen LogP contribution in [0.1, 0.15) is 13.8 Å². The van der Waals surface area contributed by atoms with Gasteiger partial charge in [-0.05, 0) is 5.92 Å². The quantitative estimate of drug-likeness (QED) is 0.809. The second kappa shape index (κ2) is 4.95. The zero-order valence-corrected chi connectivity index (χ0v) is 10.1. The molecule has 3 heteroatoms. The highest BCUT2D eigenvalue weighted by Crippen LogP contribution is 2.11. The minimum Gasteiger partial charge on any atom is -0.312 e. The molecular formula is C14H16N2O. The van der Waals surface area contributed by atoms with Crippen LogP contribution in [0.15, 0.2) is 47.5 Å². The van der Waals surface area contributed by atoms with Crippen molar-refractivity contribution in [2.45, 2.75) is 20.4 Å². The first kappa shape index (κ1) is 11.6. The van der Waals surface area contributed by atoms with Gasteiger partial charge in [0.2, 0.25) is 0 Å². The second-order valence-electron chi connectivity index (χ2n) is 4.49. The van der Waals surface area contributed by atoms with Gasteiger partial charge >= 0.3 is 0 Å². The van der Waals surface area contributed by atoms with Gasteiger partial charge in [0.1, 0.15) is 5.69 Å². The molecule has 2 rings (SSSR count). The zero-order chi connectivity index (χ0) is 12.3. The van der Waals surface area contributed by atoms with E-state index in [4.69, 9.17) is 0 Å². The van der Waals surface area contributed by atoms with Crippen molar-refractivity contribution >= 4 is 0 Å². The monoisotopic (exact) mass is 228 g/mol. The Balaban J connectivity index is 2.47. The summed E-state index contributed by atoms with van der Waals surface area (Å²) in [7, 11) is 0. The maximum atomic E-state index is 12.2. The lowest BCUT2D eigenvalue weighted by Gasteiger charge is -2.09. The highest BCUT2D eigenvalue weighted by Gasteiger charge is 2.07. The number of hydrogen-bond acceptors (Lipinski definition) is 2. The van der Waals surface area contributed by atoms with Crippen LogP contribution in [0.5, 0.6) is 0 Å². The van der Waals surface area contributed by atoms with E-state index in [1.54, 1.807) is 17.0 Å². The lowest BCUT2D eigenvalue weighted by molar-refractivity contribution is 0.509. The summed E-state index contributed by atoms with van der Waals surface area (Å²) in [5, 5.41) is 0. The molecule has 0 N–H and O–H groups in total. The van der Waals surface area contributed by atoms with Crippen LogP contribution >= 0.6 is 0 Å². The predicted octanol–water partition coefficient (Wildman–Crippen LogP) is 2.57. The number of benzene rings is 1. The van der Waals surface area contributed by atoms with E-state index < -0.39 is 0 Å². The molecule has 17 heavy (non-hydrogen) atoms. The average molecular weight is 228 g/mol. The molecule has 3 nitrogen and oxygen atoms in total. The van der Waals surface area contributed by atoms with Gasteiger partial charge in [0, 0.05) is 24.5 Å². The van der Waals surface area contributed by atoms with Crippen molar-refractivity contribution in [1.29, 1.82) is 0 Å². The molecule has 0 fully saturated rings. The third-order valence-corrected chi connectivity index (χ3v) is 2.52. The Labute approximate surface area is 101 Å². The Bertz CT molecular complexity index is 544. The maximum absolute atomic E-state index is 12.2. The Morgan fingerprint density at radius 2 is 1.94 bits per heavy atom. The maximum Gasteiger partial charge on any atom is 0.277 e. The summed E-state index contributed by atoms with van der Waals surface area (Å²) in [6, 6.07) is 9.57. The molecule has 0 aliphatic rings.